The third kappa shape index (κ3) is 5.81. The molecular formula is C23H22F4N2. The first-order valence-corrected chi connectivity index (χ1v) is 9.23. The first-order valence-electron chi connectivity index (χ1n) is 9.23. The van der Waals surface area contributed by atoms with Gasteiger partial charge in [-0.2, -0.15) is 13.2 Å². The van der Waals surface area contributed by atoms with Gasteiger partial charge in [0.25, 0.3) is 0 Å². The highest BCUT2D eigenvalue weighted by Crippen LogP contribution is 2.29. The molecule has 6 heteroatoms. The fourth-order valence-electron chi connectivity index (χ4n) is 3.28. The molecule has 0 aliphatic carbocycles. The molecule has 0 fully saturated rings. The van der Waals surface area contributed by atoms with Crippen molar-refractivity contribution < 1.29 is 17.6 Å². The lowest BCUT2D eigenvalue weighted by atomic mass is 10.1. The Hall–Kier alpha value is -2.86. The molecule has 2 nitrogen and oxygen atoms in total. The summed E-state index contributed by atoms with van der Waals surface area (Å²) in [5, 5.41) is 0. The summed E-state index contributed by atoms with van der Waals surface area (Å²) in [5.74, 6) is -0.283. The SMILES string of the molecule is C=CCN(Cc1cccc(F)c1)Cc1cccn1Cc1cccc(C(F)(F)F)c1. The highest BCUT2D eigenvalue weighted by atomic mass is 19.4. The van der Waals surface area contributed by atoms with Gasteiger partial charge in [0.2, 0.25) is 0 Å². The van der Waals surface area contributed by atoms with Gasteiger partial charge in [-0.15, -0.1) is 6.58 Å². The predicted octanol–water partition coefficient (Wildman–Crippen LogP) is 5.88. The molecule has 0 spiro atoms. The average molecular weight is 402 g/mol. The summed E-state index contributed by atoms with van der Waals surface area (Å²) in [6.07, 6.45) is -0.732. The molecule has 3 rings (SSSR count). The van der Waals surface area contributed by atoms with Crippen LogP contribution in [0, 0.1) is 5.82 Å². The molecule has 0 saturated heterocycles. The number of hydrogen-bond donors (Lipinski definition) is 0. The molecule has 0 aliphatic rings. The van der Waals surface area contributed by atoms with Gasteiger partial charge in [-0.05, 0) is 47.5 Å². The normalized spacial score (nSPS) is 11.8. The van der Waals surface area contributed by atoms with Gasteiger partial charge < -0.3 is 4.57 Å². The maximum atomic E-state index is 13.5. The molecule has 1 aromatic heterocycles. The summed E-state index contributed by atoms with van der Waals surface area (Å²) in [7, 11) is 0. The summed E-state index contributed by atoms with van der Waals surface area (Å²) < 4.78 is 54.3. The van der Waals surface area contributed by atoms with Crippen molar-refractivity contribution in [3.63, 3.8) is 0 Å². The largest absolute Gasteiger partial charge is 0.416 e. The highest BCUT2D eigenvalue weighted by molar-refractivity contribution is 5.26. The molecule has 0 radical (unpaired) electrons. The lowest BCUT2D eigenvalue weighted by Gasteiger charge is -2.22. The number of aromatic nitrogens is 1. The molecule has 0 aliphatic heterocycles. The molecule has 3 aromatic rings. The summed E-state index contributed by atoms with van der Waals surface area (Å²) in [6.45, 7) is 5.83. The highest BCUT2D eigenvalue weighted by Gasteiger charge is 2.30. The van der Waals surface area contributed by atoms with Crippen molar-refractivity contribution >= 4 is 0 Å². The van der Waals surface area contributed by atoms with Gasteiger partial charge in [-0.25, -0.2) is 4.39 Å². The van der Waals surface area contributed by atoms with E-state index in [1.54, 1.807) is 18.2 Å². The van der Waals surface area contributed by atoms with Gasteiger partial charge in [0.1, 0.15) is 5.82 Å². The van der Waals surface area contributed by atoms with Crippen LogP contribution in [0.3, 0.4) is 0 Å². The van der Waals surface area contributed by atoms with Crippen LogP contribution in [0.4, 0.5) is 17.6 Å². The second-order valence-electron chi connectivity index (χ2n) is 6.91. The van der Waals surface area contributed by atoms with Gasteiger partial charge in [0.05, 0.1) is 5.56 Å². The Balaban J connectivity index is 1.75. The predicted molar refractivity (Wildman–Crippen MR) is 106 cm³/mol. The maximum absolute atomic E-state index is 13.5. The van der Waals surface area contributed by atoms with Gasteiger partial charge in [0.15, 0.2) is 0 Å². The van der Waals surface area contributed by atoms with Crippen molar-refractivity contribution in [2.45, 2.75) is 25.8 Å². The van der Waals surface area contributed by atoms with Crippen molar-refractivity contribution in [3.05, 3.63) is 108 Å². The van der Waals surface area contributed by atoms with E-state index in [0.717, 1.165) is 17.3 Å². The Morgan fingerprint density at radius 2 is 1.69 bits per heavy atom. The lowest BCUT2D eigenvalue weighted by Crippen LogP contribution is -2.24. The van der Waals surface area contributed by atoms with Crippen LogP contribution in [-0.4, -0.2) is 16.0 Å². The topological polar surface area (TPSA) is 8.17 Å². The second kappa shape index (κ2) is 9.09. The smallest absolute Gasteiger partial charge is 0.346 e. The average Bonchev–Trinajstić information content (AvgIpc) is 3.08. The van der Waals surface area contributed by atoms with E-state index < -0.39 is 11.7 Å². The molecule has 0 saturated carbocycles. The van der Waals surface area contributed by atoms with Gasteiger partial charge in [-0.3, -0.25) is 4.90 Å². The number of alkyl halides is 3. The van der Waals surface area contributed by atoms with Gasteiger partial charge >= 0.3 is 6.18 Å². The Labute approximate surface area is 167 Å². The molecule has 0 N–H and O–H groups in total. The van der Waals surface area contributed by atoms with E-state index in [9.17, 15) is 17.6 Å². The van der Waals surface area contributed by atoms with Crippen LogP contribution < -0.4 is 0 Å². The van der Waals surface area contributed by atoms with E-state index in [1.165, 1.54) is 24.3 Å². The summed E-state index contributed by atoms with van der Waals surface area (Å²) >= 11 is 0. The van der Waals surface area contributed by atoms with Crippen molar-refractivity contribution in [2.24, 2.45) is 0 Å². The van der Waals surface area contributed by atoms with Gasteiger partial charge in [0, 0.05) is 38.1 Å². The minimum Gasteiger partial charge on any atom is -0.346 e. The molecule has 152 valence electrons. The first kappa shape index (κ1) is 20.9. The van der Waals surface area contributed by atoms with Crippen molar-refractivity contribution in [3.8, 4) is 0 Å². The zero-order valence-electron chi connectivity index (χ0n) is 15.9. The Kier molecular flexibility index (Phi) is 6.54. The molecular weight excluding hydrogens is 380 g/mol. The van der Waals surface area contributed by atoms with Crippen LogP contribution in [0.2, 0.25) is 0 Å². The van der Waals surface area contributed by atoms with Crippen molar-refractivity contribution in [1.82, 2.24) is 9.47 Å². The van der Waals surface area contributed by atoms with E-state index >= 15 is 0 Å². The monoisotopic (exact) mass is 402 g/mol. The molecule has 0 amide bonds. The van der Waals surface area contributed by atoms with Crippen LogP contribution in [0.25, 0.3) is 0 Å². The number of nitrogens with zero attached hydrogens (tertiary/aromatic N) is 2. The summed E-state index contributed by atoms with van der Waals surface area (Å²) in [5.41, 5.74) is 1.74. The standard InChI is InChI=1S/C23H22F4N2/c1-2-11-28(15-19-7-4-9-21(24)14-19)17-22-10-5-12-29(22)16-18-6-3-8-20(13-18)23(25,26)27/h2-10,12-14H,1,11,15-17H2. The van der Waals surface area contributed by atoms with E-state index in [0.29, 0.717) is 31.7 Å². The molecule has 2 aromatic carbocycles. The maximum Gasteiger partial charge on any atom is 0.416 e. The Morgan fingerprint density at radius 3 is 2.41 bits per heavy atom. The Bertz CT molecular complexity index is 959. The minimum absolute atomic E-state index is 0.283. The molecule has 0 bridgehead atoms. The van der Waals surface area contributed by atoms with Crippen LogP contribution in [0.5, 0.6) is 0 Å². The molecule has 1 heterocycles. The molecule has 0 atom stereocenters. The second-order valence-corrected chi connectivity index (χ2v) is 6.91. The van der Waals surface area contributed by atoms with E-state index in [1.807, 2.05) is 29.0 Å². The zero-order chi connectivity index (χ0) is 20.9. The van der Waals surface area contributed by atoms with Crippen LogP contribution in [-0.2, 0) is 25.8 Å². The lowest BCUT2D eigenvalue weighted by molar-refractivity contribution is -0.137. The Morgan fingerprint density at radius 1 is 0.931 bits per heavy atom. The third-order valence-electron chi connectivity index (χ3n) is 4.60. The van der Waals surface area contributed by atoms with Gasteiger partial charge in [-0.1, -0.05) is 30.3 Å². The van der Waals surface area contributed by atoms with Crippen LogP contribution in [0.15, 0.2) is 79.5 Å². The van der Waals surface area contributed by atoms with E-state index in [-0.39, 0.29) is 5.82 Å². The van der Waals surface area contributed by atoms with Crippen LogP contribution in [0.1, 0.15) is 22.4 Å². The van der Waals surface area contributed by atoms with Crippen LogP contribution >= 0.6 is 0 Å². The number of rotatable bonds is 8. The fraction of sp³-hybridized carbons (Fsp3) is 0.217. The fourth-order valence-corrected chi connectivity index (χ4v) is 3.28. The number of hydrogen-bond acceptors (Lipinski definition) is 1. The minimum atomic E-state index is -4.36. The van der Waals surface area contributed by atoms with E-state index in [2.05, 4.69) is 11.5 Å². The number of benzene rings is 2. The van der Waals surface area contributed by atoms with Crippen molar-refractivity contribution in [1.29, 1.82) is 0 Å². The molecule has 29 heavy (non-hydrogen) atoms. The van der Waals surface area contributed by atoms with Crippen molar-refractivity contribution in [2.75, 3.05) is 6.54 Å². The number of halogens is 4. The first-order chi connectivity index (χ1) is 13.8. The zero-order valence-corrected chi connectivity index (χ0v) is 15.9. The van der Waals surface area contributed by atoms with E-state index in [4.69, 9.17) is 0 Å². The third-order valence-corrected chi connectivity index (χ3v) is 4.60. The summed E-state index contributed by atoms with van der Waals surface area (Å²) in [4.78, 5) is 2.10. The summed E-state index contributed by atoms with van der Waals surface area (Å²) in [6, 6.07) is 15.6. The quantitative estimate of drug-likeness (QED) is 0.337. The molecule has 0 unspecified atom stereocenters.